The third kappa shape index (κ3) is 3.69. The van der Waals surface area contributed by atoms with E-state index in [0.717, 1.165) is 31.0 Å². The van der Waals surface area contributed by atoms with Gasteiger partial charge in [-0.05, 0) is 48.7 Å². The van der Waals surface area contributed by atoms with Crippen molar-refractivity contribution in [1.82, 2.24) is 15.4 Å². The summed E-state index contributed by atoms with van der Waals surface area (Å²) in [5, 5.41) is 9.73. The number of hydrogen-bond donors (Lipinski definition) is 3. The molecule has 1 fully saturated rings. The van der Waals surface area contributed by atoms with Crippen LogP contribution in [0.25, 0.3) is 17.0 Å². The van der Waals surface area contributed by atoms with Crippen LogP contribution in [0, 0.1) is 5.82 Å². The lowest BCUT2D eigenvalue weighted by Crippen LogP contribution is -2.23. The zero-order valence-corrected chi connectivity index (χ0v) is 15.4. The standard InChI is InChI=1S/C22H22FN3O2/c23-19-12-15(8-10-22(27)25-28)7-9-16(19)14-26-11-3-6-21(26)18-13-24-20-5-2-1-4-17(18)20/h1-2,4-5,7-10,12-13,21,24,28H,3,6,11,14H2,(H,25,27)/b10-8+. The van der Waals surface area contributed by atoms with Gasteiger partial charge in [-0.2, -0.15) is 0 Å². The van der Waals surface area contributed by atoms with Gasteiger partial charge in [0, 0.05) is 41.3 Å². The number of para-hydroxylation sites is 1. The van der Waals surface area contributed by atoms with Crippen LogP contribution < -0.4 is 5.48 Å². The van der Waals surface area contributed by atoms with Crippen LogP contribution in [0.3, 0.4) is 0 Å². The van der Waals surface area contributed by atoms with Gasteiger partial charge in [-0.1, -0.05) is 30.3 Å². The second-order valence-corrected chi connectivity index (χ2v) is 7.08. The van der Waals surface area contributed by atoms with Crippen LogP contribution in [0.4, 0.5) is 4.39 Å². The highest BCUT2D eigenvalue weighted by Gasteiger charge is 2.28. The molecule has 28 heavy (non-hydrogen) atoms. The number of likely N-dealkylation sites (tertiary alicyclic amines) is 1. The fourth-order valence-electron chi connectivity index (χ4n) is 3.96. The molecule has 0 radical (unpaired) electrons. The largest absolute Gasteiger partial charge is 0.361 e. The van der Waals surface area contributed by atoms with Crippen molar-refractivity contribution in [3.05, 3.63) is 77.2 Å². The van der Waals surface area contributed by atoms with Gasteiger partial charge in [0.25, 0.3) is 5.91 Å². The molecule has 0 spiro atoms. The molecule has 1 aromatic heterocycles. The molecular formula is C22H22FN3O2. The number of nitrogens with zero attached hydrogens (tertiary/aromatic N) is 1. The summed E-state index contributed by atoms with van der Waals surface area (Å²) in [4.78, 5) is 16.7. The molecule has 1 atom stereocenters. The highest BCUT2D eigenvalue weighted by molar-refractivity contribution is 5.90. The van der Waals surface area contributed by atoms with Gasteiger partial charge in [-0.3, -0.25) is 14.9 Å². The molecule has 0 aliphatic carbocycles. The maximum absolute atomic E-state index is 14.6. The number of carbonyl (C=O) groups excluding carboxylic acids is 1. The van der Waals surface area contributed by atoms with E-state index in [1.54, 1.807) is 12.1 Å². The van der Waals surface area contributed by atoms with E-state index in [-0.39, 0.29) is 11.9 Å². The molecule has 3 aromatic rings. The number of benzene rings is 2. The molecule has 4 rings (SSSR count). The Bertz CT molecular complexity index is 1030. The van der Waals surface area contributed by atoms with Crippen LogP contribution in [0.2, 0.25) is 0 Å². The van der Waals surface area contributed by atoms with Crippen molar-refractivity contribution in [2.45, 2.75) is 25.4 Å². The van der Waals surface area contributed by atoms with E-state index in [1.165, 1.54) is 28.6 Å². The first-order valence-corrected chi connectivity index (χ1v) is 9.36. The maximum Gasteiger partial charge on any atom is 0.267 e. The minimum absolute atomic E-state index is 0.267. The molecule has 1 amide bonds. The van der Waals surface area contributed by atoms with Crippen molar-refractivity contribution in [2.75, 3.05) is 6.54 Å². The average molecular weight is 379 g/mol. The predicted molar refractivity (Wildman–Crippen MR) is 106 cm³/mol. The number of H-pyrrole nitrogens is 1. The van der Waals surface area contributed by atoms with Gasteiger partial charge in [-0.25, -0.2) is 9.87 Å². The number of amides is 1. The molecule has 1 unspecified atom stereocenters. The summed E-state index contributed by atoms with van der Waals surface area (Å²) in [7, 11) is 0. The van der Waals surface area contributed by atoms with E-state index in [4.69, 9.17) is 5.21 Å². The number of carbonyl (C=O) groups is 1. The van der Waals surface area contributed by atoms with Gasteiger partial charge < -0.3 is 4.98 Å². The minimum atomic E-state index is -0.650. The van der Waals surface area contributed by atoms with Gasteiger partial charge >= 0.3 is 0 Å². The zero-order chi connectivity index (χ0) is 19.5. The SMILES string of the molecule is O=C(/C=C/c1ccc(CN2CCCC2c2c[nH]c3ccccc23)c(F)c1)NO. The number of aromatic amines is 1. The molecule has 0 bridgehead atoms. The monoisotopic (exact) mass is 379 g/mol. The summed E-state index contributed by atoms with van der Waals surface area (Å²) >= 11 is 0. The summed E-state index contributed by atoms with van der Waals surface area (Å²) < 4.78 is 14.6. The first-order valence-electron chi connectivity index (χ1n) is 9.36. The van der Waals surface area contributed by atoms with Gasteiger partial charge in [-0.15, -0.1) is 0 Å². The first kappa shape index (κ1) is 18.4. The van der Waals surface area contributed by atoms with Gasteiger partial charge in [0.15, 0.2) is 0 Å². The molecule has 1 saturated heterocycles. The molecule has 0 saturated carbocycles. The molecule has 5 nitrogen and oxygen atoms in total. The van der Waals surface area contributed by atoms with E-state index >= 15 is 0 Å². The summed E-state index contributed by atoms with van der Waals surface area (Å²) in [5.41, 5.74) is 5.11. The van der Waals surface area contributed by atoms with Crippen LogP contribution in [0.15, 0.2) is 54.7 Å². The van der Waals surface area contributed by atoms with E-state index in [1.807, 2.05) is 12.1 Å². The summed E-state index contributed by atoms with van der Waals surface area (Å²) in [5.74, 6) is -0.945. The fraction of sp³-hybridized carbons (Fsp3) is 0.227. The van der Waals surface area contributed by atoms with Crippen LogP contribution in [0.1, 0.15) is 35.6 Å². The summed E-state index contributed by atoms with van der Waals surface area (Å²) in [6.07, 6.45) is 6.83. The van der Waals surface area contributed by atoms with E-state index in [2.05, 4.69) is 28.2 Å². The maximum atomic E-state index is 14.6. The predicted octanol–water partition coefficient (Wildman–Crippen LogP) is 4.16. The number of fused-ring (bicyclic) bond motifs is 1. The van der Waals surface area contributed by atoms with Gasteiger partial charge in [0.2, 0.25) is 0 Å². The van der Waals surface area contributed by atoms with Crippen LogP contribution in [-0.4, -0.2) is 27.5 Å². The lowest BCUT2D eigenvalue weighted by atomic mass is 10.0. The topological polar surface area (TPSA) is 68.4 Å². The number of nitrogens with one attached hydrogen (secondary N) is 2. The van der Waals surface area contributed by atoms with Crippen molar-refractivity contribution in [3.63, 3.8) is 0 Å². The van der Waals surface area contributed by atoms with E-state index in [0.29, 0.717) is 17.7 Å². The Hall–Kier alpha value is -2.96. The van der Waals surface area contributed by atoms with Crippen molar-refractivity contribution in [3.8, 4) is 0 Å². The van der Waals surface area contributed by atoms with Gasteiger partial charge in [0.05, 0.1) is 0 Å². The van der Waals surface area contributed by atoms with Crippen molar-refractivity contribution < 1.29 is 14.4 Å². The average Bonchev–Trinajstić information content (AvgIpc) is 3.34. The lowest BCUT2D eigenvalue weighted by Gasteiger charge is -2.24. The Labute approximate surface area is 162 Å². The Morgan fingerprint density at radius 1 is 1.32 bits per heavy atom. The Morgan fingerprint density at radius 3 is 3.00 bits per heavy atom. The third-order valence-electron chi connectivity index (χ3n) is 5.33. The smallest absolute Gasteiger partial charge is 0.267 e. The molecule has 1 aliphatic heterocycles. The number of halogens is 1. The van der Waals surface area contributed by atoms with Crippen LogP contribution in [0.5, 0.6) is 0 Å². The highest BCUT2D eigenvalue weighted by Crippen LogP contribution is 2.37. The normalized spacial score (nSPS) is 17.6. The lowest BCUT2D eigenvalue weighted by molar-refractivity contribution is -0.124. The third-order valence-corrected chi connectivity index (χ3v) is 5.33. The van der Waals surface area contributed by atoms with Crippen molar-refractivity contribution in [2.24, 2.45) is 0 Å². The second-order valence-electron chi connectivity index (χ2n) is 7.08. The highest BCUT2D eigenvalue weighted by atomic mass is 19.1. The first-order chi connectivity index (χ1) is 13.7. The number of rotatable bonds is 5. The summed E-state index contributed by atoms with van der Waals surface area (Å²) in [6, 6.07) is 13.5. The second kappa shape index (κ2) is 7.96. The molecule has 2 heterocycles. The Balaban J connectivity index is 1.53. The van der Waals surface area contributed by atoms with E-state index < -0.39 is 5.91 Å². The zero-order valence-electron chi connectivity index (χ0n) is 15.4. The van der Waals surface area contributed by atoms with Crippen molar-refractivity contribution in [1.29, 1.82) is 0 Å². The fourth-order valence-corrected chi connectivity index (χ4v) is 3.96. The van der Waals surface area contributed by atoms with Crippen molar-refractivity contribution >= 4 is 22.9 Å². The van der Waals surface area contributed by atoms with Crippen LogP contribution >= 0.6 is 0 Å². The number of hydroxylamine groups is 1. The van der Waals surface area contributed by atoms with Crippen LogP contribution in [-0.2, 0) is 11.3 Å². The number of hydrogen-bond acceptors (Lipinski definition) is 3. The Kier molecular flexibility index (Phi) is 5.23. The molecule has 2 aromatic carbocycles. The molecule has 3 N–H and O–H groups in total. The summed E-state index contributed by atoms with van der Waals surface area (Å²) in [6.45, 7) is 1.47. The molecule has 6 heteroatoms. The number of aromatic nitrogens is 1. The quantitative estimate of drug-likeness (QED) is 0.354. The Morgan fingerprint density at radius 2 is 2.18 bits per heavy atom. The molecular weight excluding hydrogens is 357 g/mol. The molecule has 144 valence electrons. The van der Waals surface area contributed by atoms with E-state index in [9.17, 15) is 9.18 Å². The van der Waals surface area contributed by atoms with Gasteiger partial charge in [0.1, 0.15) is 5.82 Å². The minimum Gasteiger partial charge on any atom is -0.361 e. The molecule has 1 aliphatic rings.